The Hall–Kier alpha value is -1.09. The second-order valence-corrected chi connectivity index (χ2v) is 6.72. The molecule has 3 nitrogen and oxygen atoms in total. The van der Waals surface area contributed by atoms with E-state index in [0.29, 0.717) is 6.04 Å². The van der Waals surface area contributed by atoms with Crippen molar-refractivity contribution in [3.63, 3.8) is 0 Å². The predicted molar refractivity (Wildman–Crippen MR) is 77.3 cm³/mol. The van der Waals surface area contributed by atoms with Crippen LogP contribution < -0.4 is 5.32 Å². The summed E-state index contributed by atoms with van der Waals surface area (Å²) in [6.07, 6.45) is 7.40. The zero-order valence-electron chi connectivity index (χ0n) is 11.7. The van der Waals surface area contributed by atoms with Crippen molar-refractivity contribution in [2.75, 3.05) is 25.5 Å². The summed E-state index contributed by atoms with van der Waals surface area (Å²) < 4.78 is 0. The highest BCUT2D eigenvalue weighted by atomic mass is 15.1. The molecule has 0 spiro atoms. The third-order valence-electron chi connectivity index (χ3n) is 5.21. The number of aromatic nitrogens is 1. The van der Waals surface area contributed by atoms with Gasteiger partial charge >= 0.3 is 0 Å². The van der Waals surface area contributed by atoms with Gasteiger partial charge in [-0.15, -0.1) is 0 Å². The summed E-state index contributed by atoms with van der Waals surface area (Å²) in [6, 6.07) is 5.10. The molecule has 1 aromatic heterocycles. The van der Waals surface area contributed by atoms with E-state index in [1.807, 2.05) is 6.20 Å². The first-order chi connectivity index (χ1) is 9.29. The van der Waals surface area contributed by atoms with Gasteiger partial charge in [-0.25, -0.2) is 4.98 Å². The van der Waals surface area contributed by atoms with E-state index in [1.165, 1.54) is 44.3 Å². The van der Waals surface area contributed by atoms with Gasteiger partial charge in [0.1, 0.15) is 5.82 Å². The lowest BCUT2D eigenvalue weighted by Gasteiger charge is -2.21. The Bertz CT molecular complexity index is 469. The van der Waals surface area contributed by atoms with Crippen molar-refractivity contribution in [2.24, 2.45) is 11.8 Å². The van der Waals surface area contributed by atoms with Crippen LogP contribution in [0.2, 0.25) is 0 Å². The van der Waals surface area contributed by atoms with Gasteiger partial charge in [0.05, 0.1) is 0 Å². The molecule has 3 aliphatic rings. The molecule has 3 atom stereocenters. The Labute approximate surface area is 115 Å². The zero-order chi connectivity index (χ0) is 12.8. The summed E-state index contributed by atoms with van der Waals surface area (Å²) in [6.45, 7) is 2.54. The minimum absolute atomic E-state index is 0.636. The molecule has 1 aliphatic heterocycles. The molecule has 1 saturated heterocycles. The smallest absolute Gasteiger partial charge is 0.126 e. The van der Waals surface area contributed by atoms with Gasteiger partial charge in [0.2, 0.25) is 0 Å². The molecule has 2 saturated carbocycles. The largest absolute Gasteiger partial charge is 0.367 e. The molecule has 1 unspecified atom stereocenters. The number of anilines is 1. The molecule has 1 aromatic rings. The topological polar surface area (TPSA) is 28.2 Å². The summed E-state index contributed by atoms with van der Waals surface area (Å²) >= 11 is 0. The van der Waals surface area contributed by atoms with E-state index in [2.05, 4.69) is 34.4 Å². The fraction of sp³-hybridized carbons (Fsp3) is 0.688. The fourth-order valence-corrected chi connectivity index (χ4v) is 4.05. The Morgan fingerprint density at radius 3 is 2.95 bits per heavy atom. The van der Waals surface area contributed by atoms with Crippen LogP contribution in [-0.4, -0.2) is 36.1 Å². The van der Waals surface area contributed by atoms with Crippen LogP contribution in [0.5, 0.6) is 0 Å². The van der Waals surface area contributed by atoms with Gasteiger partial charge in [-0.2, -0.15) is 0 Å². The number of nitrogens with zero attached hydrogens (tertiary/aromatic N) is 2. The van der Waals surface area contributed by atoms with Crippen molar-refractivity contribution in [3.8, 4) is 0 Å². The predicted octanol–water partition coefficient (Wildman–Crippen LogP) is 2.71. The van der Waals surface area contributed by atoms with E-state index in [0.717, 1.165) is 23.6 Å². The number of pyridine rings is 1. The van der Waals surface area contributed by atoms with E-state index in [4.69, 9.17) is 0 Å². The van der Waals surface area contributed by atoms with E-state index >= 15 is 0 Å². The molecule has 102 valence electrons. The molecule has 0 bridgehead atoms. The zero-order valence-corrected chi connectivity index (χ0v) is 11.7. The molecule has 0 amide bonds. The third-order valence-corrected chi connectivity index (χ3v) is 5.21. The molecule has 0 aromatic carbocycles. The van der Waals surface area contributed by atoms with Gasteiger partial charge < -0.3 is 10.2 Å². The van der Waals surface area contributed by atoms with Crippen molar-refractivity contribution in [1.29, 1.82) is 0 Å². The fourth-order valence-electron chi connectivity index (χ4n) is 4.05. The number of hydrogen-bond donors (Lipinski definition) is 1. The van der Waals surface area contributed by atoms with Gasteiger partial charge in [0.25, 0.3) is 0 Å². The first-order valence-electron chi connectivity index (χ1n) is 7.70. The summed E-state index contributed by atoms with van der Waals surface area (Å²) in [5.74, 6) is 3.66. The monoisotopic (exact) mass is 257 g/mol. The van der Waals surface area contributed by atoms with E-state index in [1.54, 1.807) is 0 Å². The SMILES string of the molecule is CN1C[C@H]2CCC(Nc3cc(C4CC4)ccn3)[C@H]2C1. The van der Waals surface area contributed by atoms with Crippen LogP contribution in [0.25, 0.3) is 0 Å². The Morgan fingerprint density at radius 1 is 1.21 bits per heavy atom. The maximum atomic E-state index is 4.52. The Balaban J connectivity index is 1.47. The number of fused-ring (bicyclic) bond motifs is 1. The van der Waals surface area contributed by atoms with Gasteiger partial charge in [-0.1, -0.05) is 0 Å². The van der Waals surface area contributed by atoms with Crippen molar-refractivity contribution < 1.29 is 0 Å². The number of rotatable bonds is 3. The maximum absolute atomic E-state index is 4.52. The minimum atomic E-state index is 0.636. The van der Waals surface area contributed by atoms with Crippen LogP contribution in [0.4, 0.5) is 5.82 Å². The van der Waals surface area contributed by atoms with Gasteiger partial charge in [-0.05, 0) is 68.2 Å². The second kappa shape index (κ2) is 4.48. The summed E-state index contributed by atoms with van der Waals surface area (Å²) in [7, 11) is 2.25. The normalized spacial score (nSPS) is 34.5. The summed E-state index contributed by atoms with van der Waals surface area (Å²) in [4.78, 5) is 7.00. The van der Waals surface area contributed by atoms with E-state index in [9.17, 15) is 0 Å². The quantitative estimate of drug-likeness (QED) is 0.902. The van der Waals surface area contributed by atoms with Gasteiger partial charge in [0.15, 0.2) is 0 Å². The van der Waals surface area contributed by atoms with Crippen molar-refractivity contribution in [2.45, 2.75) is 37.6 Å². The molecule has 4 rings (SSSR count). The average molecular weight is 257 g/mol. The van der Waals surface area contributed by atoms with Crippen molar-refractivity contribution in [3.05, 3.63) is 23.9 Å². The molecular weight excluding hydrogens is 234 g/mol. The van der Waals surface area contributed by atoms with Crippen LogP contribution >= 0.6 is 0 Å². The molecule has 19 heavy (non-hydrogen) atoms. The average Bonchev–Trinajstić information content (AvgIpc) is 3.11. The summed E-state index contributed by atoms with van der Waals surface area (Å²) in [5.41, 5.74) is 1.48. The van der Waals surface area contributed by atoms with Gasteiger partial charge in [-0.3, -0.25) is 0 Å². The number of likely N-dealkylation sites (tertiary alicyclic amines) is 1. The number of hydrogen-bond acceptors (Lipinski definition) is 3. The summed E-state index contributed by atoms with van der Waals surface area (Å²) in [5, 5.41) is 3.72. The molecule has 0 radical (unpaired) electrons. The first-order valence-corrected chi connectivity index (χ1v) is 7.70. The molecular formula is C16H23N3. The number of nitrogens with one attached hydrogen (secondary N) is 1. The van der Waals surface area contributed by atoms with E-state index < -0.39 is 0 Å². The highest BCUT2D eigenvalue weighted by Crippen LogP contribution is 2.41. The third kappa shape index (κ3) is 2.25. The lowest BCUT2D eigenvalue weighted by atomic mass is 9.98. The lowest BCUT2D eigenvalue weighted by molar-refractivity contribution is 0.373. The molecule has 2 aliphatic carbocycles. The highest BCUT2D eigenvalue weighted by Gasteiger charge is 2.41. The standard InChI is InChI=1S/C16H23N3/c1-19-9-13-4-5-15(14(13)10-19)18-16-8-12(6-7-17-16)11-2-3-11/h6-8,11,13-15H,2-5,9-10H2,1H3,(H,17,18)/t13-,14+,15?/m1/s1. The second-order valence-electron chi connectivity index (χ2n) is 6.72. The Kier molecular flexibility index (Phi) is 2.76. The lowest BCUT2D eigenvalue weighted by Crippen LogP contribution is -2.29. The van der Waals surface area contributed by atoms with E-state index in [-0.39, 0.29) is 0 Å². The van der Waals surface area contributed by atoms with Gasteiger partial charge in [0, 0.05) is 25.3 Å². The van der Waals surface area contributed by atoms with Crippen molar-refractivity contribution >= 4 is 5.82 Å². The van der Waals surface area contributed by atoms with Crippen LogP contribution in [0, 0.1) is 11.8 Å². The Morgan fingerprint density at radius 2 is 2.11 bits per heavy atom. The van der Waals surface area contributed by atoms with Crippen molar-refractivity contribution in [1.82, 2.24) is 9.88 Å². The minimum Gasteiger partial charge on any atom is -0.367 e. The van der Waals surface area contributed by atoms with Crippen LogP contribution in [-0.2, 0) is 0 Å². The molecule has 1 N–H and O–H groups in total. The first kappa shape index (κ1) is 11.7. The molecule has 3 fully saturated rings. The van der Waals surface area contributed by atoms with Crippen LogP contribution in [0.1, 0.15) is 37.2 Å². The molecule has 3 heteroatoms. The molecule has 2 heterocycles. The highest BCUT2D eigenvalue weighted by molar-refractivity contribution is 5.41. The van der Waals surface area contributed by atoms with Crippen LogP contribution in [0.15, 0.2) is 18.3 Å². The van der Waals surface area contributed by atoms with Crippen LogP contribution in [0.3, 0.4) is 0 Å². The maximum Gasteiger partial charge on any atom is 0.126 e.